The molecule has 0 heterocycles. The van der Waals surface area contributed by atoms with Crippen LogP contribution >= 0.6 is 0 Å². The molecular formula is C13H27NO3. The third-order valence-corrected chi connectivity index (χ3v) is 2.28. The molecule has 0 atom stereocenters. The van der Waals surface area contributed by atoms with Gasteiger partial charge in [0.1, 0.15) is 0 Å². The predicted molar refractivity (Wildman–Crippen MR) is 68.9 cm³/mol. The summed E-state index contributed by atoms with van der Waals surface area (Å²) >= 11 is 0. The number of hydrogen-bond acceptors (Lipinski definition) is 3. The van der Waals surface area contributed by atoms with Crippen LogP contribution in [0.2, 0.25) is 0 Å². The van der Waals surface area contributed by atoms with E-state index in [4.69, 9.17) is 9.47 Å². The van der Waals surface area contributed by atoms with Crippen LogP contribution in [0.5, 0.6) is 0 Å². The highest BCUT2D eigenvalue weighted by Gasteiger charge is 2.04. The first-order valence-electron chi connectivity index (χ1n) is 6.47. The molecule has 0 unspecified atom stereocenters. The molecule has 0 aliphatic rings. The van der Waals surface area contributed by atoms with E-state index in [0.29, 0.717) is 32.3 Å². The molecule has 0 aliphatic heterocycles. The average molecular weight is 245 g/mol. The van der Waals surface area contributed by atoms with Crippen molar-refractivity contribution in [2.24, 2.45) is 11.8 Å². The molecule has 1 amide bonds. The fourth-order valence-electron chi connectivity index (χ4n) is 1.09. The molecule has 102 valence electrons. The van der Waals surface area contributed by atoms with Crippen molar-refractivity contribution in [2.75, 3.05) is 33.0 Å². The molecule has 17 heavy (non-hydrogen) atoms. The average Bonchev–Trinajstić information content (AvgIpc) is 2.25. The standard InChI is InChI=1S/C13H27NO3/c1-11(2)5-7-16-9-10-17-8-6-14-13(15)12(3)4/h11-12H,5-10H2,1-4H3,(H,14,15). The second-order valence-electron chi connectivity index (χ2n) is 4.85. The van der Waals surface area contributed by atoms with Crippen LogP contribution in [0.3, 0.4) is 0 Å². The summed E-state index contributed by atoms with van der Waals surface area (Å²) in [7, 11) is 0. The topological polar surface area (TPSA) is 47.6 Å². The molecule has 0 aromatic carbocycles. The van der Waals surface area contributed by atoms with Gasteiger partial charge < -0.3 is 14.8 Å². The van der Waals surface area contributed by atoms with Crippen LogP contribution in [-0.2, 0) is 14.3 Å². The molecule has 0 bridgehead atoms. The van der Waals surface area contributed by atoms with E-state index in [9.17, 15) is 4.79 Å². The zero-order chi connectivity index (χ0) is 13.1. The Bertz CT molecular complexity index is 193. The lowest BCUT2D eigenvalue weighted by atomic mass is 10.1. The summed E-state index contributed by atoms with van der Waals surface area (Å²) in [5.74, 6) is 0.790. The van der Waals surface area contributed by atoms with Crippen molar-refractivity contribution < 1.29 is 14.3 Å². The number of carbonyl (C=O) groups excluding carboxylic acids is 1. The van der Waals surface area contributed by atoms with Crippen LogP contribution in [0.15, 0.2) is 0 Å². The number of hydrogen-bond donors (Lipinski definition) is 1. The third-order valence-electron chi connectivity index (χ3n) is 2.28. The van der Waals surface area contributed by atoms with Gasteiger partial charge in [-0.1, -0.05) is 27.7 Å². The number of amides is 1. The molecule has 0 saturated heterocycles. The van der Waals surface area contributed by atoms with Gasteiger partial charge in [-0.15, -0.1) is 0 Å². The van der Waals surface area contributed by atoms with Crippen molar-refractivity contribution in [1.29, 1.82) is 0 Å². The van der Waals surface area contributed by atoms with Crippen molar-refractivity contribution in [3.63, 3.8) is 0 Å². The first-order chi connectivity index (χ1) is 8.04. The van der Waals surface area contributed by atoms with Crippen LogP contribution in [0.25, 0.3) is 0 Å². The Kier molecular flexibility index (Phi) is 10.2. The summed E-state index contributed by atoms with van der Waals surface area (Å²) in [4.78, 5) is 11.2. The van der Waals surface area contributed by atoms with Gasteiger partial charge in [0.25, 0.3) is 0 Å². The fourth-order valence-corrected chi connectivity index (χ4v) is 1.09. The van der Waals surface area contributed by atoms with E-state index in [0.717, 1.165) is 13.0 Å². The molecule has 0 spiro atoms. The lowest BCUT2D eigenvalue weighted by Gasteiger charge is -2.09. The SMILES string of the molecule is CC(C)CCOCCOCCNC(=O)C(C)C. The second kappa shape index (κ2) is 10.5. The Labute approximate surface area is 105 Å². The highest BCUT2D eigenvalue weighted by molar-refractivity contribution is 5.77. The monoisotopic (exact) mass is 245 g/mol. The number of carbonyl (C=O) groups is 1. The van der Waals surface area contributed by atoms with Crippen molar-refractivity contribution in [3.8, 4) is 0 Å². The Morgan fingerprint density at radius 3 is 2.12 bits per heavy atom. The highest BCUT2D eigenvalue weighted by atomic mass is 16.5. The van der Waals surface area contributed by atoms with Crippen molar-refractivity contribution in [2.45, 2.75) is 34.1 Å². The number of ether oxygens (including phenoxy) is 2. The summed E-state index contributed by atoms with van der Waals surface area (Å²) in [6, 6.07) is 0. The molecule has 0 radical (unpaired) electrons. The molecule has 4 heteroatoms. The minimum absolute atomic E-state index is 0.0365. The molecule has 1 N–H and O–H groups in total. The van der Waals surface area contributed by atoms with Gasteiger partial charge in [0, 0.05) is 19.1 Å². The van der Waals surface area contributed by atoms with E-state index >= 15 is 0 Å². The van der Waals surface area contributed by atoms with E-state index in [1.54, 1.807) is 0 Å². The Hall–Kier alpha value is -0.610. The molecule has 0 aromatic rings. The van der Waals surface area contributed by atoms with Gasteiger partial charge in [-0.3, -0.25) is 4.79 Å². The van der Waals surface area contributed by atoms with Crippen molar-refractivity contribution in [3.05, 3.63) is 0 Å². The normalized spacial score (nSPS) is 11.2. The summed E-state index contributed by atoms with van der Waals surface area (Å²) in [5, 5.41) is 2.79. The molecule has 0 rings (SSSR count). The molecular weight excluding hydrogens is 218 g/mol. The molecule has 4 nitrogen and oxygen atoms in total. The van der Waals surface area contributed by atoms with Gasteiger partial charge in [0.2, 0.25) is 5.91 Å². The highest BCUT2D eigenvalue weighted by Crippen LogP contribution is 1.98. The third kappa shape index (κ3) is 11.6. The van der Waals surface area contributed by atoms with Crippen LogP contribution in [0.1, 0.15) is 34.1 Å². The zero-order valence-corrected chi connectivity index (χ0v) is 11.6. The Morgan fingerprint density at radius 2 is 1.59 bits per heavy atom. The molecule has 0 saturated carbocycles. The second-order valence-corrected chi connectivity index (χ2v) is 4.85. The van der Waals surface area contributed by atoms with Crippen LogP contribution in [0, 0.1) is 11.8 Å². The van der Waals surface area contributed by atoms with Gasteiger partial charge >= 0.3 is 0 Å². The maximum absolute atomic E-state index is 11.2. The molecule has 0 fully saturated rings. The summed E-state index contributed by atoms with van der Waals surface area (Å²) in [5.41, 5.74) is 0. The summed E-state index contributed by atoms with van der Waals surface area (Å²) < 4.78 is 10.7. The lowest BCUT2D eigenvalue weighted by Crippen LogP contribution is -2.31. The first kappa shape index (κ1) is 16.4. The minimum Gasteiger partial charge on any atom is -0.379 e. The zero-order valence-electron chi connectivity index (χ0n) is 11.6. The van der Waals surface area contributed by atoms with Crippen LogP contribution in [-0.4, -0.2) is 38.9 Å². The van der Waals surface area contributed by atoms with Crippen LogP contribution < -0.4 is 5.32 Å². The summed E-state index contributed by atoms with van der Waals surface area (Å²) in [6.07, 6.45) is 1.09. The Morgan fingerprint density at radius 1 is 1.00 bits per heavy atom. The number of nitrogens with one attached hydrogen (secondary N) is 1. The predicted octanol–water partition coefficient (Wildman–Crippen LogP) is 1.84. The van der Waals surface area contributed by atoms with Gasteiger partial charge in [0.15, 0.2) is 0 Å². The van der Waals surface area contributed by atoms with Crippen molar-refractivity contribution in [1.82, 2.24) is 5.32 Å². The van der Waals surface area contributed by atoms with E-state index in [1.807, 2.05) is 13.8 Å². The summed E-state index contributed by atoms with van der Waals surface area (Å²) in [6.45, 7) is 11.2. The number of rotatable bonds is 10. The molecule has 0 aliphatic carbocycles. The smallest absolute Gasteiger partial charge is 0.222 e. The van der Waals surface area contributed by atoms with E-state index in [1.165, 1.54) is 0 Å². The van der Waals surface area contributed by atoms with Gasteiger partial charge in [-0.25, -0.2) is 0 Å². The van der Waals surface area contributed by atoms with E-state index < -0.39 is 0 Å². The Balaban J connectivity index is 3.11. The van der Waals surface area contributed by atoms with Gasteiger partial charge in [0.05, 0.1) is 19.8 Å². The minimum atomic E-state index is 0.0365. The quantitative estimate of drug-likeness (QED) is 0.597. The maximum atomic E-state index is 11.2. The van der Waals surface area contributed by atoms with Crippen LogP contribution in [0.4, 0.5) is 0 Å². The van der Waals surface area contributed by atoms with E-state index in [2.05, 4.69) is 19.2 Å². The fraction of sp³-hybridized carbons (Fsp3) is 0.923. The van der Waals surface area contributed by atoms with Gasteiger partial charge in [-0.2, -0.15) is 0 Å². The van der Waals surface area contributed by atoms with Crippen molar-refractivity contribution >= 4 is 5.91 Å². The first-order valence-corrected chi connectivity index (χ1v) is 6.47. The van der Waals surface area contributed by atoms with Gasteiger partial charge in [-0.05, 0) is 12.3 Å². The maximum Gasteiger partial charge on any atom is 0.222 e. The lowest BCUT2D eigenvalue weighted by molar-refractivity contribution is -0.124. The molecule has 0 aromatic heterocycles. The van der Waals surface area contributed by atoms with E-state index in [-0.39, 0.29) is 11.8 Å². The largest absolute Gasteiger partial charge is 0.379 e.